The van der Waals surface area contributed by atoms with Crippen molar-refractivity contribution < 1.29 is 17.6 Å². The number of hydrogen-bond acceptors (Lipinski definition) is 3. The van der Waals surface area contributed by atoms with Gasteiger partial charge >= 0.3 is 0 Å². The first-order valence-electron chi connectivity index (χ1n) is 9.70. The van der Waals surface area contributed by atoms with Crippen molar-refractivity contribution >= 4 is 33.2 Å². The van der Waals surface area contributed by atoms with E-state index >= 15 is 0 Å². The van der Waals surface area contributed by atoms with E-state index in [0.717, 1.165) is 15.9 Å². The number of amides is 1. The summed E-state index contributed by atoms with van der Waals surface area (Å²) in [5, 5.41) is 2.65. The van der Waals surface area contributed by atoms with Crippen LogP contribution in [0.15, 0.2) is 83.8 Å². The molecule has 0 radical (unpaired) electrons. The van der Waals surface area contributed by atoms with Crippen LogP contribution in [0.4, 0.5) is 10.1 Å². The van der Waals surface area contributed by atoms with Crippen LogP contribution < -0.4 is 9.62 Å². The highest BCUT2D eigenvalue weighted by molar-refractivity contribution is 7.92. The van der Waals surface area contributed by atoms with Crippen molar-refractivity contribution in [1.29, 1.82) is 0 Å². The summed E-state index contributed by atoms with van der Waals surface area (Å²) in [5.74, 6) is -1.17. The zero-order chi connectivity index (χ0) is 22.4. The van der Waals surface area contributed by atoms with Gasteiger partial charge in [0.05, 0.1) is 21.6 Å². The van der Waals surface area contributed by atoms with Gasteiger partial charge in [-0.15, -0.1) is 0 Å². The summed E-state index contributed by atoms with van der Waals surface area (Å²) in [6, 6.07) is 20.4. The Morgan fingerprint density at radius 3 is 2.23 bits per heavy atom. The Bertz CT molecular complexity index is 1140. The Kier molecular flexibility index (Phi) is 7.30. The molecule has 0 aliphatic carbocycles. The summed E-state index contributed by atoms with van der Waals surface area (Å²) in [6.07, 6.45) is 0.629. The van der Waals surface area contributed by atoms with E-state index < -0.39 is 28.3 Å². The molecule has 1 amide bonds. The summed E-state index contributed by atoms with van der Waals surface area (Å²) in [7, 11) is -4.09. The van der Waals surface area contributed by atoms with E-state index in [1.54, 1.807) is 18.2 Å². The number of rotatable bonds is 8. The lowest BCUT2D eigenvalue weighted by Crippen LogP contribution is -2.42. The van der Waals surface area contributed by atoms with Crippen molar-refractivity contribution in [2.45, 2.75) is 24.3 Å². The first-order valence-corrected chi connectivity index (χ1v) is 11.5. The molecule has 5 nitrogen and oxygen atoms in total. The van der Waals surface area contributed by atoms with E-state index in [0.29, 0.717) is 6.42 Å². The van der Waals surface area contributed by atoms with Crippen LogP contribution in [-0.2, 0) is 14.8 Å². The van der Waals surface area contributed by atoms with Crippen molar-refractivity contribution in [2.24, 2.45) is 0 Å². The van der Waals surface area contributed by atoms with Gasteiger partial charge in [0.15, 0.2) is 0 Å². The molecule has 0 saturated carbocycles. The molecule has 3 aromatic carbocycles. The van der Waals surface area contributed by atoms with Crippen LogP contribution in [0.2, 0.25) is 5.02 Å². The zero-order valence-electron chi connectivity index (χ0n) is 16.8. The number of carbonyl (C=O) groups excluding carboxylic acids is 1. The maximum Gasteiger partial charge on any atom is 0.264 e. The standard InChI is InChI=1S/C23H22ClFN2O3S/c1-2-22(17-9-5-3-6-10-17)26-23(28)16-27(18-13-14-21(25)20(24)15-18)31(29,30)19-11-7-4-8-12-19/h3-15,22H,2,16H2,1H3,(H,26,28)/t22-/m0/s1. The first kappa shape index (κ1) is 22.8. The van der Waals surface area contributed by atoms with Crippen molar-refractivity contribution in [3.8, 4) is 0 Å². The lowest BCUT2D eigenvalue weighted by molar-refractivity contribution is -0.120. The summed E-state index contributed by atoms with van der Waals surface area (Å²) >= 11 is 5.88. The van der Waals surface area contributed by atoms with Gasteiger partial charge < -0.3 is 5.32 Å². The molecule has 0 aliphatic heterocycles. The van der Waals surface area contributed by atoms with Crippen molar-refractivity contribution in [3.63, 3.8) is 0 Å². The molecule has 1 atom stereocenters. The number of sulfonamides is 1. The third-order valence-electron chi connectivity index (χ3n) is 4.75. The van der Waals surface area contributed by atoms with E-state index in [9.17, 15) is 17.6 Å². The van der Waals surface area contributed by atoms with Gasteiger partial charge in [-0.1, -0.05) is 67.1 Å². The molecular weight excluding hydrogens is 439 g/mol. The second-order valence-corrected chi connectivity index (χ2v) is 9.13. The molecular formula is C23H22ClFN2O3S. The SMILES string of the molecule is CC[C@H](NC(=O)CN(c1ccc(F)c(Cl)c1)S(=O)(=O)c1ccccc1)c1ccccc1. The van der Waals surface area contributed by atoms with Gasteiger partial charge in [-0.2, -0.15) is 0 Å². The quantitative estimate of drug-likeness (QED) is 0.517. The molecule has 0 fully saturated rings. The average Bonchev–Trinajstić information content (AvgIpc) is 2.79. The Morgan fingerprint density at radius 1 is 1.03 bits per heavy atom. The number of benzene rings is 3. The monoisotopic (exact) mass is 460 g/mol. The fourth-order valence-corrected chi connectivity index (χ4v) is 4.76. The maximum absolute atomic E-state index is 13.7. The second kappa shape index (κ2) is 9.94. The highest BCUT2D eigenvalue weighted by atomic mass is 35.5. The minimum atomic E-state index is -4.09. The third kappa shape index (κ3) is 5.42. The number of nitrogens with zero attached hydrogens (tertiary/aromatic N) is 1. The molecule has 0 bridgehead atoms. The lowest BCUT2D eigenvalue weighted by Gasteiger charge is -2.26. The van der Waals surface area contributed by atoms with E-state index in [-0.39, 0.29) is 21.6 Å². The van der Waals surface area contributed by atoms with Gasteiger partial charge in [-0.25, -0.2) is 12.8 Å². The highest BCUT2D eigenvalue weighted by Crippen LogP contribution is 2.28. The molecule has 3 rings (SSSR count). The molecule has 1 N–H and O–H groups in total. The number of nitrogens with one attached hydrogen (secondary N) is 1. The number of hydrogen-bond donors (Lipinski definition) is 1. The van der Waals surface area contributed by atoms with Crippen LogP contribution in [0.3, 0.4) is 0 Å². The molecule has 3 aromatic rings. The van der Waals surface area contributed by atoms with Crippen LogP contribution in [0, 0.1) is 5.82 Å². The van der Waals surface area contributed by atoms with Gasteiger partial charge in [0.2, 0.25) is 5.91 Å². The molecule has 8 heteroatoms. The predicted molar refractivity (Wildman–Crippen MR) is 120 cm³/mol. The Hall–Kier alpha value is -2.90. The maximum atomic E-state index is 13.7. The van der Waals surface area contributed by atoms with Crippen LogP contribution in [-0.4, -0.2) is 20.9 Å². The van der Waals surface area contributed by atoms with Crippen molar-refractivity contribution in [1.82, 2.24) is 5.32 Å². The molecule has 0 aliphatic rings. The number of carbonyl (C=O) groups is 1. The van der Waals surface area contributed by atoms with E-state index in [4.69, 9.17) is 11.6 Å². The van der Waals surface area contributed by atoms with Crippen molar-refractivity contribution in [2.75, 3.05) is 10.8 Å². The lowest BCUT2D eigenvalue weighted by atomic mass is 10.0. The van der Waals surface area contributed by atoms with Gasteiger partial charge in [0, 0.05) is 0 Å². The largest absolute Gasteiger partial charge is 0.348 e. The fourth-order valence-electron chi connectivity index (χ4n) is 3.15. The molecule has 0 spiro atoms. The summed E-state index contributed by atoms with van der Waals surface area (Å²) in [4.78, 5) is 12.9. The smallest absolute Gasteiger partial charge is 0.264 e. The van der Waals surface area contributed by atoms with Crippen molar-refractivity contribution in [3.05, 3.63) is 95.3 Å². The molecule has 0 unspecified atom stereocenters. The Labute approximate surface area is 186 Å². The summed E-state index contributed by atoms with van der Waals surface area (Å²) in [6.45, 7) is 1.44. The minimum Gasteiger partial charge on any atom is -0.348 e. The normalized spacial score (nSPS) is 12.2. The zero-order valence-corrected chi connectivity index (χ0v) is 18.4. The van der Waals surface area contributed by atoms with E-state index in [1.807, 2.05) is 37.3 Å². The third-order valence-corrected chi connectivity index (χ3v) is 6.83. The number of anilines is 1. The highest BCUT2D eigenvalue weighted by Gasteiger charge is 2.28. The van der Waals surface area contributed by atoms with E-state index in [1.165, 1.54) is 24.3 Å². The predicted octanol–water partition coefficient (Wildman–Crippen LogP) is 4.94. The molecule has 0 saturated heterocycles. The van der Waals surface area contributed by atoms with Gasteiger partial charge in [-0.3, -0.25) is 9.10 Å². The van der Waals surface area contributed by atoms with Gasteiger partial charge in [-0.05, 0) is 42.3 Å². The Morgan fingerprint density at radius 2 is 1.65 bits per heavy atom. The minimum absolute atomic E-state index is 0.0124. The molecule has 0 heterocycles. The molecule has 31 heavy (non-hydrogen) atoms. The fraction of sp³-hybridized carbons (Fsp3) is 0.174. The van der Waals surface area contributed by atoms with E-state index in [2.05, 4.69) is 5.32 Å². The second-order valence-electron chi connectivity index (χ2n) is 6.86. The molecule has 0 aromatic heterocycles. The van der Waals surface area contributed by atoms with Gasteiger partial charge in [0.1, 0.15) is 12.4 Å². The number of halogens is 2. The molecule has 162 valence electrons. The summed E-state index contributed by atoms with van der Waals surface area (Å²) in [5.41, 5.74) is 1.01. The van der Waals surface area contributed by atoms with Crippen LogP contribution in [0.1, 0.15) is 24.9 Å². The Balaban J connectivity index is 1.93. The van der Waals surface area contributed by atoms with Crippen LogP contribution in [0.5, 0.6) is 0 Å². The summed E-state index contributed by atoms with van der Waals surface area (Å²) < 4.78 is 41.2. The average molecular weight is 461 g/mol. The van der Waals surface area contributed by atoms with Crippen LogP contribution in [0.25, 0.3) is 0 Å². The van der Waals surface area contributed by atoms with Crippen LogP contribution >= 0.6 is 11.6 Å². The van der Waals surface area contributed by atoms with Gasteiger partial charge in [0.25, 0.3) is 10.0 Å². The topological polar surface area (TPSA) is 66.5 Å². The first-order chi connectivity index (χ1) is 14.8.